The number of pyridine rings is 1. The van der Waals surface area contributed by atoms with E-state index in [1.807, 2.05) is 17.0 Å². The number of rotatable bonds is 5. The van der Waals surface area contributed by atoms with Crippen LogP contribution in [0.4, 0.5) is 0 Å². The summed E-state index contributed by atoms with van der Waals surface area (Å²) in [7, 11) is 0. The molecule has 1 amide bonds. The summed E-state index contributed by atoms with van der Waals surface area (Å²) in [5.74, 6) is 0.684. The van der Waals surface area contributed by atoms with E-state index in [4.69, 9.17) is 0 Å². The first-order valence-corrected chi connectivity index (χ1v) is 10.6. The molecule has 0 aromatic carbocycles. The quantitative estimate of drug-likeness (QED) is 0.775. The summed E-state index contributed by atoms with van der Waals surface area (Å²) in [6.45, 7) is 7.47. The fraction of sp³-hybridized carbons (Fsp3) is 0.545. The van der Waals surface area contributed by atoms with E-state index in [0.717, 1.165) is 50.2 Å². The molecule has 1 unspecified atom stereocenters. The summed E-state index contributed by atoms with van der Waals surface area (Å²) in [4.78, 5) is 33.3. The molecular weight excluding hydrogens is 366 g/mol. The lowest BCUT2D eigenvalue weighted by atomic mass is 9.95. The van der Waals surface area contributed by atoms with Crippen molar-refractivity contribution in [3.8, 4) is 11.3 Å². The molecule has 7 heteroatoms. The second kappa shape index (κ2) is 8.45. The summed E-state index contributed by atoms with van der Waals surface area (Å²) < 4.78 is 1.59. The molecule has 4 heterocycles. The maximum absolute atomic E-state index is 12.7. The highest BCUT2D eigenvalue weighted by atomic mass is 16.2. The third kappa shape index (κ3) is 4.24. The Labute approximate surface area is 171 Å². The van der Waals surface area contributed by atoms with E-state index < -0.39 is 0 Å². The molecule has 154 valence electrons. The van der Waals surface area contributed by atoms with Gasteiger partial charge in [-0.1, -0.05) is 0 Å². The molecular formula is C22H29N5O2. The summed E-state index contributed by atoms with van der Waals surface area (Å²) >= 11 is 0. The van der Waals surface area contributed by atoms with Crippen LogP contribution in [0.2, 0.25) is 0 Å². The lowest BCUT2D eigenvalue weighted by molar-refractivity contribution is -0.134. The SMILES string of the molecule is CC(C)N1CCC(N2CCC(Cn3nc(-c4ccncc4)ccc3=O)CC2)C1=O. The van der Waals surface area contributed by atoms with Crippen LogP contribution >= 0.6 is 0 Å². The normalized spacial score (nSPS) is 21.3. The average molecular weight is 396 g/mol. The second-order valence-electron chi connectivity index (χ2n) is 8.38. The maximum atomic E-state index is 12.7. The highest BCUT2D eigenvalue weighted by Gasteiger charge is 2.38. The van der Waals surface area contributed by atoms with Crippen LogP contribution in [-0.4, -0.2) is 62.2 Å². The average Bonchev–Trinajstić information content (AvgIpc) is 3.12. The smallest absolute Gasteiger partial charge is 0.266 e. The Morgan fingerprint density at radius 3 is 2.38 bits per heavy atom. The van der Waals surface area contributed by atoms with Crippen LogP contribution in [0, 0.1) is 5.92 Å². The zero-order chi connectivity index (χ0) is 20.4. The number of carbonyl (C=O) groups is 1. The van der Waals surface area contributed by atoms with Crippen molar-refractivity contribution in [3.63, 3.8) is 0 Å². The summed E-state index contributed by atoms with van der Waals surface area (Å²) in [6.07, 6.45) is 6.36. The molecule has 29 heavy (non-hydrogen) atoms. The Kier molecular flexibility index (Phi) is 5.76. The first-order chi connectivity index (χ1) is 14.0. The van der Waals surface area contributed by atoms with E-state index in [9.17, 15) is 9.59 Å². The van der Waals surface area contributed by atoms with Crippen molar-refractivity contribution in [2.45, 2.75) is 51.7 Å². The third-order valence-electron chi connectivity index (χ3n) is 6.20. The first-order valence-electron chi connectivity index (χ1n) is 10.6. The molecule has 2 aliphatic heterocycles. The van der Waals surface area contributed by atoms with E-state index in [0.29, 0.717) is 12.5 Å². The third-order valence-corrected chi connectivity index (χ3v) is 6.20. The number of hydrogen-bond acceptors (Lipinski definition) is 5. The van der Waals surface area contributed by atoms with E-state index in [1.165, 1.54) is 0 Å². The fourth-order valence-electron chi connectivity index (χ4n) is 4.49. The molecule has 2 aromatic rings. The largest absolute Gasteiger partial charge is 0.339 e. The summed E-state index contributed by atoms with van der Waals surface area (Å²) in [5.41, 5.74) is 1.68. The first kappa shape index (κ1) is 19.8. The van der Waals surface area contributed by atoms with Crippen LogP contribution in [-0.2, 0) is 11.3 Å². The molecule has 0 bridgehead atoms. The van der Waals surface area contributed by atoms with Gasteiger partial charge in [-0.15, -0.1) is 0 Å². The summed E-state index contributed by atoms with van der Waals surface area (Å²) in [6, 6.07) is 7.46. The van der Waals surface area contributed by atoms with Crippen LogP contribution in [0.5, 0.6) is 0 Å². The van der Waals surface area contributed by atoms with Crippen molar-refractivity contribution in [1.29, 1.82) is 0 Å². The van der Waals surface area contributed by atoms with E-state index in [-0.39, 0.29) is 23.6 Å². The molecule has 0 radical (unpaired) electrons. The zero-order valence-electron chi connectivity index (χ0n) is 17.2. The standard InChI is InChI=1S/C22H29N5O2/c1-16(2)26-14-9-20(22(26)29)25-12-7-17(8-13-25)15-27-21(28)4-3-19(24-27)18-5-10-23-11-6-18/h3-6,10-11,16-17,20H,7-9,12-15H2,1-2H3. The van der Waals surface area contributed by atoms with Crippen LogP contribution in [0.25, 0.3) is 11.3 Å². The Hall–Kier alpha value is -2.54. The zero-order valence-corrected chi connectivity index (χ0v) is 17.2. The van der Waals surface area contributed by atoms with Crippen LogP contribution in [0.15, 0.2) is 41.5 Å². The topological polar surface area (TPSA) is 71.3 Å². The van der Waals surface area contributed by atoms with Gasteiger partial charge in [0.05, 0.1) is 11.7 Å². The minimum atomic E-state index is -0.0659. The minimum absolute atomic E-state index is 0.0363. The second-order valence-corrected chi connectivity index (χ2v) is 8.38. The lowest BCUT2D eigenvalue weighted by Gasteiger charge is -2.35. The molecule has 0 aliphatic carbocycles. The number of nitrogens with zero attached hydrogens (tertiary/aromatic N) is 5. The molecule has 2 aliphatic rings. The molecule has 1 atom stereocenters. The van der Waals surface area contributed by atoms with Gasteiger partial charge in [-0.05, 0) is 70.3 Å². The van der Waals surface area contributed by atoms with Crippen molar-refractivity contribution >= 4 is 5.91 Å². The Morgan fingerprint density at radius 1 is 1.00 bits per heavy atom. The van der Waals surface area contributed by atoms with Crippen molar-refractivity contribution in [1.82, 2.24) is 24.6 Å². The van der Waals surface area contributed by atoms with Gasteiger partial charge >= 0.3 is 0 Å². The van der Waals surface area contributed by atoms with Crippen molar-refractivity contribution in [3.05, 3.63) is 47.0 Å². The number of aromatic nitrogens is 3. The van der Waals surface area contributed by atoms with Crippen molar-refractivity contribution in [2.75, 3.05) is 19.6 Å². The maximum Gasteiger partial charge on any atom is 0.266 e. The monoisotopic (exact) mass is 395 g/mol. The van der Waals surface area contributed by atoms with E-state index in [2.05, 4.69) is 28.8 Å². The van der Waals surface area contributed by atoms with Crippen molar-refractivity contribution in [2.24, 2.45) is 5.92 Å². The number of amides is 1. The summed E-state index contributed by atoms with van der Waals surface area (Å²) in [5, 5.41) is 4.58. The molecule has 4 rings (SSSR count). The van der Waals surface area contributed by atoms with E-state index >= 15 is 0 Å². The van der Waals surface area contributed by atoms with E-state index in [1.54, 1.807) is 29.2 Å². The van der Waals surface area contributed by atoms with Gasteiger partial charge in [0.15, 0.2) is 0 Å². The molecule has 0 N–H and O–H groups in total. The molecule has 2 fully saturated rings. The molecule has 7 nitrogen and oxygen atoms in total. The molecule has 2 saturated heterocycles. The van der Waals surface area contributed by atoms with Gasteiger partial charge in [-0.2, -0.15) is 5.10 Å². The highest BCUT2D eigenvalue weighted by Crippen LogP contribution is 2.26. The van der Waals surface area contributed by atoms with Crippen LogP contribution in [0.1, 0.15) is 33.1 Å². The Balaban J connectivity index is 1.38. The predicted octanol–water partition coefficient (Wildman–Crippen LogP) is 2.03. The van der Waals surface area contributed by atoms with Crippen LogP contribution in [0.3, 0.4) is 0 Å². The molecule has 2 aromatic heterocycles. The van der Waals surface area contributed by atoms with Gasteiger partial charge in [-0.3, -0.25) is 19.5 Å². The predicted molar refractivity (Wildman–Crippen MR) is 111 cm³/mol. The van der Waals surface area contributed by atoms with Crippen LogP contribution < -0.4 is 5.56 Å². The van der Waals surface area contributed by atoms with Gasteiger partial charge in [-0.25, -0.2) is 4.68 Å². The number of carbonyl (C=O) groups excluding carboxylic acids is 1. The Bertz CT molecular complexity index is 903. The minimum Gasteiger partial charge on any atom is -0.339 e. The number of hydrogen-bond donors (Lipinski definition) is 0. The van der Waals surface area contributed by atoms with Gasteiger partial charge in [0.1, 0.15) is 0 Å². The molecule has 0 saturated carbocycles. The van der Waals surface area contributed by atoms with Gasteiger partial charge < -0.3 is 4.90 Å². The number of piperidine rings is 1. The van der Waals surface area contributed by atoms with Gasteiger partial charge in [0.25, 0.3) is 5.56 Å². The Morgan fingerprint density at radius 2 is 1.72 bits per heavy atom. The highest BCUT2D eigenvalue weighted by molar-refractivity contribution is 5.84. The fourth-order valence-corrected chi connectivity index (χ4v) is 4.49. The molecule has 0 spiro atoms. The van der Waals surface area contributed by atoms with Crippen molar-refractivity contribution < 1.29 is 4.79 Å². The van der Waals surface area contributed by atoms with Gasteiger partial charge in [0.2, 0.25) is 5.91 Å². The lowest BCUT2D eigenvalue weighted by Crippen LogP contribution is -2.47. The van der Waals surface area contributed by atoms with Gasteiger partial charge in [0, 0.05) is 43.2 Å². The number of likely N-dealkylation sites (tertiary alicyclic amines) is 2.